The molecule has 30 heavy (non-hydrogen) atoms. The third-order valence-corrected chi connectivity index (χ3v) is 3.83. The number of hydrogen-bond acceptors (Lipinski definition) is 7. The normalized spacial score (nSPS) is 11.2. The van der Waals surface area contributed by atoms with Crippen molar-refractivity contribution in [2.24, 2.45) is 0 Å². The topological polar surface area (TPSA) is 112 Å². The summed E-state index contributed by atoms with van der Waals surface area (Å²) in [4.78, 5) is 22.2. The summed E-state index contributed by atoms with van der Waals surface area (Å²) in [5.41, 5.74) is 0.870. The molecular weight excluding hydrogens is 404 g/mol. The van der Waals surface area contributed by atoms with E-state index in [0.29, 0.717) is 24.6 Å². The first-order chi connectivity index (χ1) is 14.0. The van der Waals surface area contributed by atoms with E-state index in [1.54, 1.807) is 31.7 Å². The summed E-state index contributed by atoms with van der Waals surface area (Å²) in [5, 5.41) is 17.5. The van der Waals surface area contributed by atoms with Crippen molar-refractivity contribution in [2.75, 3.05) is 36.1 Å². The summed E-state index contributed by atoms with van der Waals surface area (Å²) in [6, 6.07) is 5.74. The van der Waals surface area contributed by atoms with E-state index < -0.39 is 25.2 Å². The molecule has 4 N–H and O–H groups in total. The number of ether oxygens (including phenoxy) is 1. The Morgan fingerprint density at radius 1 is 1.23 bits per heavy atom. The number of anilines is 3. The molecule has 9 nitrogen and oxygen atoms in total. The molecule has 0 unspecified atom stereocenters. The Labute approximate surface area is 171 Å². The van der Waals surface area contributed by atoms with Crippen molar-refractivity contribution in [3.63, 3.8) is 0 Å². The monoisotopic (exact) mass is 426 g/mol. The minimum Gasteiger partial charge on any atom is -0.437 e. The summed E-state index contributed by atoms with van der Waals surface area (Å²) in [6.45, 7) is 4.47. The maximum Gasteiger partial charge on any atom is 0.573 e. The van der Waals surface area contributed by atoms with Gasteiger partial charge in [0.15, 0.2) is 0 Å². The fourth-order valence-corrected chi connectivity index (χ4v) is 2.27. The Hall–Kier alpha value is -3.06. The highest BCUT2D eigenvalue weighted by atomic mass is 19.4. The standard InChI is InChI=1S/C17H22BF3N6O3/c1-11-10-14(22-8-9-27(3)18(2)29)25-15(23-11)26-16(28)24-12-4-6-13(7-5-12)30-17(19,20)21/h4-7,10,29H,8-9H2,1-3H3,(H3,22,23,24,25,26,28). The zero-order chi connectivity index (χ0) is 22.3. The Kier molecular flexibility index (Phi) is 7.83. The van der Waals surface area contributed by atoms with Gasteiger partial charge >= 0.3 is 19.4 Å². The molecule has 0 aliphatic carbocycles. The Morgan fingerprint density at radius 2 is 1.90 bits per heavy atom. The summed E-state index contributed by atoms with van der Waals surface area (Å²) >= 11 is 0. The van der Waals surface area contributed by atoms with Gasteiger partial charge in [0, 0.05) is 30.5 Å². The molecule has 13 heteroatoms. The molecule has 0 saturated heterocycles. The summed E-state index contributed by atoms with van der Waals surface area (Å²) < 4.78 is 40.3. The third-order valence-electron chi connectivity index (χ3n) is 3.83. The summed E-state index contributed by atoms with van der Waals surface area (Å²) in [6.07, 6.45) is -4.79. The van der Waals surface area contributed by atoms with Crippen LogP contribution in [-0.4, -0.2) is 59.4 Å². The molecule has 2 amide bonds. The second-order valence-corrected chi connectivity index (χ2v) is 6.41. The van der Waals surface area contributed by atoms with Crippen molar-refractivity contribution in [3.05, 3.63) is 36.0 Å². The number of carbonyl (C=O) groups is 1. The highest BCUT2D eigenvalue weighted by Gasteiger charge is 2.30. The first-order valence-corrected chi connectivity index (χ1v) is 8.93. The third kappa shape index (κ3) is 8.13. The number of carbonyl (C=O) groups excluding carboxylic acids is 1. The van der Waals surface area contributed by atoms with Crippen molar-refractivity contribution in [3.8, 4) is 5.75 Å². The average molecular weight is 426 g/mol. The number of nitrogens with one attached hydrogen (secondary N) is 3. The first kappa shape index (κ1) is 23.2. The van der Waals surface area contributed by atoms with E-state index in [1.807, 2.05) is 0 Å². The van der Waals surface area contributed by atoms with E-state index in [9.17, 15) is 23.0 Å². The van der Waals surface area contributed by atoms with Crippen molar-refractivity contribution in [1.82, 2.24) is 14.8 Å². The van der Waals surface area contributed by atoms with Gasteiger partial charge in [-0.1, -0.05) is 0 Å². The average Bonchev–Trinajstić information content (AvgIpc) is 2.61. The number of nitrogens with zero attached hydrogens (tertiary/aromatic N) is 3. The first-order valence-electron chi connectivity index (χ1n) is 8.93. The van der Waals surface area contributed by atoms with Crippen LogP contribution in [0.15, 0.2) is 30.3 Å². The molecule has 0 atom stereocenters. The number of urea groups is 1. The minimum absolute atomic E-state index is 0.0518. The van der Waals surface area contributed by atoms with Gasteiger partial charge in [0.05, 0.1) is 0 Å². The molecule has 1 aromatic carbocycles. The highest BCUT2D eigenvalue weighted by molar-refractivity contribution is 6.45. The van der Waals surface area contributed by atoms with E-state index >= 15 is 0 Å². The maximum atomic E-state index is 12.2. The zero-order valence-electron chi connectivity index (χ0n) is 16.6. The number of alkyl halides is 3. The number of aromatic nitrogens is 2. The van der Waals surface area contributed by atoms with Gasteiger partial charge in [-0.05, 0) is 45.1 Å². The van der Waals surface area contributed by atoms with Crippen LogP contribution in [0.3, 0.4) is 0 Å². The van der Waals surface area contributed by atoms with Gasteiger partial charge in [0.1, 0.15) is 11.6 Å². The smallest absolute Gasteiger partial charge is 0.437 e. The summed E-state index contributed by atoms with van der Waals surface area (Å²) in [5.74, 6) is 0.147. The SMILES string of the molecule is CB(O)N(C)CCNc1cc(C)nc(NC(=O)Nc2ccc(OC(F)(F)F)cc2)n1. The summed E-state index contributed by atoms with van der Waals surface area (Å²) in [7, 11) is 1.20. The van der Waals surface area contributed by atoms with Crippen molar-refractivity contribution < 1.29 is 27.7 Å². The van der Waals surface area contributed by atoms with Crippen LogP contribution in [0.2, 0.25) is 6.82 Å². The van der Waals surface area contributed by atoms with Crippen molar-refractivity contribution >= 4 is 30.5 Å². The predicted molar refractivity (Wildman–Crippen MR) is 107 cm³/mol. The lowest BCUT2D eigenvalue weighted by Crippen LogP contribution is -2.36. The van der Waals surface area contributed by atoms with Gasteiger partial charge in [-0.2, -0.15) is 4.98 Å². The highest BCUT2D eigenvalue weighted by Crippen LogP contribution is 2.24. The number of aryl methyl sites for hydroxylation is 1. The number of halogens is 3. The van der Waals surface area contributed by atoms with E-state index in [4.69, 9.17) is 0 Å². The van der Waals surface area contributed by atoms with Crippen molar-refractivity contribution in [1.29, 1.82) is 0 Å². The van der Waals surface area contributed by atoms with Gasteiger partial charge in [-0.25, -0.2) is 9.78 Å². The van der Waals surface area contributed by atoms with Crippen LogP contribution in [0.5, 0.6) is 5.75 Å². The molecule has 0 aliphatic heterocycles. The van der Waals surface area contributed by atoms with Gasteiger partial charge in [0.25, 0.3) is 0 Å². The molecular formula is C17H22BF3N6O3. The molecule has 2 rings (SSSR count). The van der Waals surface area contributed by atoms with Gasteiger partial charge in [-0.15, -0.1) is 13.2 Å². The predicted octanol–water partition coefficient (Wildman–Crippen LogP) is 2.78. The quantitative estimate of drug-likeness (QED) is 0.481. The fraction of sp³-hybridized carbons (Fsp3) is 0.353. The maximum absolute atomic E-state index is 12.2. The Balaban J connectivity index is 1.92. The van der Waals surface area contributed by atoms with Crippen LogP contribution < -0.4 is 20.7 Å². The van der Waals surface area contributed by atoms with Gasteiger partial charge < -0.3 is 25.2 Å². The molecule has 1 aromatic heterocycles. The molecule has 0 spiro atoms. The molecule has 0 saturated carbocycles. The molecule has 0 fully saturated rings. The number of amides is 2. The molecule has 0 radical (unpaired) electrons. The molecule has 2 aromatic rings. The van der Waals surface area contributed by atoms with Crippen LogP contribution in [0.1, 0.15) is 5.69 Å². The lowest BCUT2D eigenvalue weighted by Gasteiger charge is -2.17. The fourth-order valence-electron chi connectivity index (χ4n) is 2.27. The van der Waals surface area contributed by atoms with Crippen LogP contribution in [-0.2, 0) is 0 Å². The van der Waals surface area contributed by atoms with Crippen molar-refractivity contribution in [2.45, 2.75) is 20.1 Å². The molecule has 1 heterocycles. The Bertz CT molecular complexity index is 852. The van der Waals surface area contributed by atoms with E-state index in [1.165, 1.54) is 12.1 Å². The lowest BCUT2D eigenvalue weighted by molar-refractivity contribution is -0.274. The van der Waals surface area contributed by atoms with Gasteiger partial charge in [-0.3, -0.25) is 5.32 Å². The molecule has 162 valence electrons. The number of rotatable bonds is 8. The minimum atomic E-state index is -4.79. The molecule has 0 bridgehead atoms. The number of hydrogen-bond donors (Lipinski definition) is 4. The van der Waals surface area contributed by atoms with Crippen LogP contribution >= 0.6 is 0 Å². The molecule has 0 aliphatic rings. The van der Waals surface area contributed by atoms with Gasteiger partial charge in [0.2, 0.25) is 5.95 Å². The van der Waals surface area contributed by atoms with E-state index in [0.717, 1.165) is 12.1 Å². The van der Waals surface area contributed by atoms with Crippen LogP contribution in [0, 0.1) is 6.92 Å². The number of likely N-dealkylation sites (N-methyl/N-ethyl adjacent to an activating group) is 1. The number of benzene rings is 1. The second kappa shape index (κ2) is 10.1. The zero-order valence-corrected chi connectivity index (χ0v) is 16.6. The largest absolute Gasteiger partial charge is 0.573 e. The second-order valence-electron chi connectivity index (χ2n) is 6.41. The van der Waals surface area contributed by atoms with Crippen LogP contribution in [0.4, 0.5) is 35.4 Å². The van der Waals surface area contributed by atoms with E-state index in [-0.39, 0.29) is 11.6 Å². The Morgan fingerprint density at radius 3 is 2.50 bits per heavy atom. The van der Waals surface area contributed by atoms with E-state index in [2.05, 4.69) is 30.7 Å². The lowest BCUT2D eigenvalue weighted by atomic mass is 9.86. The van der Waals surface area contributed by atoms with Crippen LogP contribution in [0.25, 0.3) is 0 Å².